The van der Waals surface area contributed by atoms with Crippen molar-refractivity contribution in [3.8, 4) is 102 Å². The summed E-state index contributed by atoms with van der Waals surface area (Å²) in [5.41, 5.74) is 22.0. The predicted molar refractivity (Wildman–Crippen MR) is 523 cm³/mol. The molecule has 0 atom stereocenters. The monoisotopic (exact) mass is 1600 g/mol. The molecule has 586 valence electrons. The Kier molecular flexibility index (Phi) is 16.7. The second-order valence-corrected chi connectivity index (χ2v) is 32.4. The number of hydrogen-bond acceptors (Lipinski definition) is 6. The van der Waals surface area contributed by atoms with Gasteiger partial charge in [0.05, 0.1) is 49.8 Å². The van der Waals surface area contributed by atoms with Crippen molar-refractivity contribution in [3.63, 3.8) is 0 Å². The summed E-state index contributed by atoms with van der Waals surface area (Å²) in [6, 6.07) is 156. The van der Waals surface area contributed by atoms with Gasteiger partial charge in [-0.1, -0.05) is 346 Å². The predicted octanol–water partition coefficient (Wildman–Crippen LogP) is 29.6. The second kappa shape index (κ2) is 29.4. The molecule has 6 heterocycles. The molecule has 0 fully saturated rings. The topological polar surface area (TPSA) is 97.1 Å². The van der Waals surface area contributed by atoms with Crippen molar-refractivity contribution in [2.45, 2.75) is 0 Å². The Labute approximate surface area is 723 Å². The first-order chi connectivity index (χ1) is 62.5. The molecule has 6 aromatic heterocycles. The lowest BCUT2D eigenvalue weighted by Crippen LogP contribution is -2.06. The molecule has 10 nitrogen and oxygen atoms in total. The van der Waals surface area contributed by atoms with Crippen LogP contribution in [0.3, 0.4) is 0 Å². The summed E-state index contributed by atoms with van der Waals surface area (Å²) in [6.45, 7) is 0. The quantitative estimate of drug-likeness (QED) is 0.128. The lowest BCUT2D eigenvalue weighted by Gasteiger charge is -2.13. The van der Waals surface area contributed by atoms with E-state index < -0.39 is 0 Å². The van der Waals surface area contributed by atoms with Gasteiger partial charge in [0.25, 0.3) is 0 Å². The maximum atomic E-state index is 5.33. The van der Waals surface area contributed by atoms with Gasteiger partial charge < -0.3 is 9.13 Å². The van der Waals surface area contributed by atoms with E-state index in [0.717, 1.165) is 137 Å². The number of nitrogens with zero attached hydrogens (tertiary/aromatic N) is 10. The maximum absolute atomic E-state index is 5.33. The smallest absolute Gasteiger partial charge is 0.238 e. The Hall–Kier alpha value is -17.1. The van der Waals surface area contributed by atoms with E-state index in [1.807, 2.05) is 0 Å². The van der Waals surface area contributed by atoms with Gasteiger partial charge in [-0.05, 0) is 173 Å². The zero-order valence-electron chi connectivity index (χ0n) is 68.0. The molecule has 26 rings (SSSR count). The van der Waals surface area contributed by atoms with Crippen LogP contribution in [0, 0.1) is 0 Å². The lowest BCUT2D eigenvalue weighted by molar-refractivity contribution is 0.955. The third-order valence-electron chi connectivity index (χ3n) is 25.3. The van der Waals surface area contributed by atoms with Crippen LogP contribution in [0.1, 0.15) is 0 Å². The first-order valence-corrected chi connectivity index (χ1v) is 42.7. The normalized spacial score (nSPS) is 11.8. The van der Waals surface area contributed by atoms with Crippen molar-refractivity contribution < 1.29 is 0 Å². The Morgan fingerprint density at radius 3 is 0.778 bits per heavy atom. The van der Waals surface area contributed by atoms with Crippen LogP contribution in [0.2, 0.25) is 0 Å². The van der Waals surface area contributed by atoms with Gasteiger partial charge in [0.1, 0.15) is 0 Å². The van der Waals surface area contributed by atoms with E-state index in [1.165, 1.54) is 71.2 Å². The van der Waals surface area contributed by atoms with Gasteiger partial charge in [-0.25, -0.2) is 9.97 Å². The number of para-hydroxylation sites is 4. The summed E-state index contributed by atoms with van der Waals surface area (Å²) >= 11 is 0. The van der Waals surface area contributed by atoms with Crippen LogP contribution in [-0.2, 0) is 0 Å². The van der Waals surface area contributed by atoms with E-state index in [9.17, 15) is 0 Å². The van der Waals surface area contributed by atoms with Crippen LogP contribution in [0.5, 0.6) is 0 Å². The zero-order valence-corrected chi connectivity index (χ0v) is 68.0. The molecule has 0 bridgehead atoms. The van der Waals surface area contributed by atoms with E-state index in [1.54, 1.807) is 0 Å². The fourth-order valence-electron chi connectivity index (χ4n) is 19.5. The van der Waals surface area contributed by atoms with Gasteiger partial charge in [-0.2, -0.15) is 19.9 Å². The molecule has 0 unspecified atom stereocenters. The van der Waals surface area contributed by atoms with Crippen molar-refractivity contribution in [2.75, 3.05) is 0 Å². The molecule has 0 N–H and O–H groups in total. The van der Waals surface area contributed by atoms with Crippen molar-refractivity contribution in [1.82, 2.24) is 48.2 Å². The highest BCUT2D eigenvalue weighted by molar-refractivity contribution is 6.16. The average Bonchev–Trinajstić information content (AvgIpc) is 1.57. The molecule has 10 heteroatoms. The zero-order chi connectivity index (χ0) is 82.9. The lowest BCUT2D eigenvalue weighted by atomic mass is 10.0. The molecule has 0 spiro atoms. The van der Waals surface area contributed by atoms with E-state index in [-0.39, 0.29) is 0 Å². The van der Waals surface area contributed by atoms with Crippen LogP contribution in [-0.4, -0.2) is 48.2 Å². The van der Waals surface area contributed by atoms with Gasteiger partial charge in [0, 0.05) is 76.4 Å². The number of rotatable bonds is 11. The summed E-state index contributed by atoms with van der Waals surface area (Å²) in [5, 5.41) is 20.8. The number of fused-ring (bicyclic) bond motifs is 17. The molecule has 0 amide bonds. The third kappa shape index (κ3) is 11.9. The molecule has 0 aliphatic carbocycles. The van der Waals surface area contributed by atoms with Crippen molar-refractivity contribution in [1.29, 1.82) is 0 Å². The Balaban J connectivity index is 0.000000137. The maximum Gasteiger partial charge on any atom is 0.238 e. The van der Waals surface area contributed by atoms with Crippen LogP contribution in [0.15, 0.2) is 437 Å². The van der Waals surface area contributed by atoms with Gasteiger partial charge in [-0.15, -0.1) is 0 Å². The Morgan fingerprint density at radius 2 is 0.397 bits per heavy atom. The van der Waals surface area contributed by atoms with Crippen LogP contribution < -0.4 is 0 Å². The van der Waals surface area contributed by atoms with Gasteiger partial charge in [-0.3, -0.25) is 9.13 Å². The van der Waals surface area contributed by atoms with Crippen molar-refractivity contribution >= 4 is 141 Å². The van der Waals surface area contributed by atoms with Gasteiger partial charge >= 0.3 is 0 Å². The molecular formula is C116H72N10. The second-order valence-electron chi connectivity index (χ2n) is 32.4. The minimum absolute atomic E-state index is 0.574. The van der Waals surface area contributed by atoms with Crippen LogP contribution >= 0.6 is 0 Å². The molecule has 26 aromatic rings. The molecule has 0 saturated carbocycles. The molecule has 0 aliphatic heterocycles. The highest BCUT2D eigenvalue weighted by atomic mass is 15.2. The minimum Gasteiger partial charge on any atom is -0.309 e. The number of hydrogen-bond donors (Lipinski definition) is 0. The molecule has 0 aliphatic rings. The summed E-state index contributed by atoms with van der Waals surface area (Å²) in [5.74, 6) is 3.68. The van der Waals surface area contributed by atoms with E-state index >= 15 is 0 Å². The standard InChI is InChI=1S/C59H37N5.C57H35N5/c1-2-15-38(16-3-1)41-21-12-22-44(35-41)63-53-29-10-8-25-47(53)51-36-42(31-33-55(51)63)43-32-34-56-52(37-43)48-26-9-11-30-54(48)64(56)59-61-57(49-27-13-19-39-17-4-6-23-45(39)49)60-58(62-59)50-28-14-20-40-18-5-7-24-46(40)50;1-4-20-41-36(14-1)17-11-25-46(41)55-58-56(47-26-12-18-37-15-2-5-21-42(37)47)60-57(59-55)62-52-28-10-8-24-45(52)49-35-40(31-33-54(49)62)39-30-32-53-48(34-39)44-23-7-9-27-51(44)61(53)50-29-13-19-38-16-3-6-22-43(38)50/h1-37H;1-35H. The first kappa shape index (κ1) is 71.8. The Morgan fingerprint density at radius 1 is 0.143 bits per heavy atom. The molecular weight excluding hydrogens is 1530 g/mol. The molecule has 0 saturated heterocycles. The third-order valence-corrected chi connectivity index (χ3v) is 25.3. The molecule has 0 radical (unpaired) electrons. The van der Waals surface area contributed by atoms with Crippen molar-refractivity contribution in [3.05, 3.63) is 437 Å². The van der Waals surface area contributed by atoms with E-state index in [0.29, 0.717) is 35.2 Å². The summed E-state index contributed by atoms with van der Waals surface area (Å²) in [4.78, 5) is 31.8. The van der Waals surface area contributed by atoms with Crippen molar-refractivity contribution in [2.24, 2.45) is 0 Å². The van der Waals surface area contributed by atoms with Gasteiger partial charge in [0.15, 0.2) is 23.3 Å². The minimum atomic E-state index is 0.574. The number of aromatic nitrogens is 10. The van der Waals surface area contributed by atoms with Crippen LogP contribution in [0.4, 0.5) is 0 Å². The number of benzene rings is 20. The fourth-order valence-corrected chi connectivity index (χ4v) is 19.5. The molecule has 126 heavy (non-hydrogen) atoms. The largest absolute Gasteiger partial charge is 0.309 e. The Bertz CT molecular complexity index is 8740. The average molecular weight is 1610 g/mol. The molecule has 20 aromatic carbocycles. The van der Waals surface area contributed by atoms with E-state index in [2.05, 4.69) is 455 Å². The SMILES string of the molecule is c1ccc(-c2cccc(-n3c4ccccc4c4cc(-c5ccc6c(c5)c5ccccc5n6-c5nc(-c6cccc7ccccc67)nc(-c6cccc7ccccc67)n5)ccc43)c2)cc1.c1ccc2c(-c3nc(-c4cccc5ccccc45)nc(-n4c5ccccc5c5cc(-c6ccc7c(c6)c6ccccc6n7-c6cccc7ccccc67)ccc54)n3)cccc2c1. The highest BCUT2D eigenvalue weighted by Crippen LogP contribution is 2.45. The summed E-state index contributed by atoms with van der Waals surface area (Å²) in [6.07, 6.45) is 0. The first-order valence-electron chi connectivity index (χ1n) is 42.7. The fraction of sp³-hybridized carbons (Fsp3) is 0. The van der Waals surface area contributed by atoms with Gasteiger partial charge in [0.2, 0.25) is 11.9 Å². The van der Waals surface area contributed by atoms with E-state index in [4.69, 9.17) is 29.9 Å². The van der Waals surface area contributed by atoms with Crippen LogP contribution in [0.25, 0.3) is 243 Å². The summed E-state index contributed by atoms with van der Waals surface area (Å²) < 4.78 is 9.23. The highest BCUT2D eigenvalue weighted by Gasteiger charge is 2.25. The summed E-state index contributed by atoms with van der Waals surface area (Å²) in [7, 11) is 0.